The van der Waals surface area contributed by atoms with Crippen LogP contribution in [0.3, 0.4) is 0 Å². The van der Waals surface area contributed by atoms with E-state index < -0.39 is 5.60 Å². The van der Waals surface area contributed by atoms with E-state index in [1.807, 2.05) is 39.0 Å². The van der Waals surface area contributed by atoms with Gasteiger partial charge in [0, 0.05) is 0 Å². The van der Waals surface area contributed by atoms with Gasteiger partial charge in [-0.2, -0.15) is 0 Å². The average Bonchev–Trinajstić information content (AvgIpc) is 2.81. The molecule has 7 heteroatoms. The fraction of sp³-hybridized carbons (Fsp3) is 0.353. The number of esters is 1. The zero-order chi connectivity index (χ0) is 17.5. The predicted octanol–water partition coefficient (Wildman–Crippen LogP) is 2.52. The van der Waals surface area contributed by atoms with Gasteiger partial charge >= 0.3 is 5.97 Å². The van der Waals surface area contributed by atoms with Gasteiger partial charge in [0.25, 0.3) is 0 Å². The quantitative estimate of drug-likeness (QED) is 0.743. The van der Waals surface area contributed by atoms with Gasteiger partial charge in [-0.1, -0.05) is 6.07 Å². The molecule has 3 rings (SSSR count). The van der Waals surface area contributed by atoms with Gasteiger partial charge in [-0.15, -0.1) is 0 Å². The maximum atomic E-state index is 12.3. The lowest BCUT2D eigenvalue weighted by Gasteiger charge is -2.20. The molecule has 0 amide bonds. The maximum Gasteiger partial charge on any atom is 0.326 e. The fourth-order valence-electron chi connectivity index (χ4n) is 2.78. The SMILES string of the molecule is COc1cccc2c1c1c(N)ncnc1n2CC(=O)OC(C)(C)C. The van der Waals surface area contributed by atoms with Gasteiger partial charge in [0.15, 0.2) is 0 Å². The highest BCUT2D eigenvalue weighted by Gasteiger charge is 2.22. The highest BCUT2D eigenvalue weighted by Crippen LogP contribution is 2.36. The number of nitrogens with two attached hydrogens (primary N) is 1. The molecule has 0 aliphatic heterocycles. The first kappa shape index (κ1) is 16.0. The maximum absolute atomic E-state index is 12.3. The summed E-state index contributed by atoms with van der Waals surface area (Å²) in [5, 5.41) is 1.46. The zero-order valence-corrected chi connectivity index (χ0v) is 14.2. The van der Waals surface area contributed by atoms with Crippen molar-refractivity contribution in [2.45, 2.75) is 32.9 Å². The Labute approximate surface area is 139 Å². The second-order valence-corrected chi connectivity index (χ2v) is 6.48. The predicted molar refractivity (Wildman–Crippen MR) is 91.8 cm³/mol. The van der Waals surface area contributed by atoms with Gasteiger partial charge < -0.3 is 19.8 Å². The van der Waals surface area contributed by atoms with Crippen molar-refractivity contribution in [3.63, 3.8) is 0 Å². The van der Waals surface area contributed by atoms with E-state index in [1.54, 1.807) is 11.7 Å². The van der Waals surface area contributed by atoms with Crippen LogP contribution in [0, 0.1) is 0 Å². The largest absolute Gasteiger partial charge is 0.496 e. The van der Waals surface area contributed by atoms with E-state index in [-0.39, 0.29) is 12.5 Å². The number of benzene rings is 1. The van der Waals surface area contributed by atoms with Crippen LogP contribution in [0.1, 0.15) is 20.8 Å². The minimum atomic E-state index is -0.554. The normalized spacial score (nSPS) is 11.8. The van der Waals surface area contributed by atoms with Crippen LogP contribution in [-0.2, 0) is 16.1 Å². The van der Waals surface area contributed by atoms with Crippen molar-refractivity contribution >= 4 is 33.7 Å². The van der Waals surface area contributed by atoms with E-state index in [0.717, 1.165) is 10.9 Å². The number of nitrogen functional groups attached to an aromatic ring is 1. The number of ether oxygens (including phenoxy) is 2. The van der Waals surface area contributed by atoms with Gasteiger partial charge in [0.1, 0.15) is 35.7 Å². The molecule has 7 nitrogen and oxygen atoms in total. The van der Waals surface area contributed by atoms with Crippen LogP contribution >= 0.6 is 0 Å². The standard InChI is InChI=1S/C17H20N4O3/c1-17(2,3)24-12(22)8-21-10-6-5-7-11(23-4)13(10)14-15(18)19-9-20-16(14)21/h5-7,9H,8H2,1-4H3,(H2,18,19,20). The Morgan fingerprint density at radius 3 is 2.67 bits per heavy atom. The third-order valence-electron chi connectivity index (χ3n) is 3.58. The molecule has 2 heterocycles. The van der Waals surface area contributed by atoms with Gasteiger partial charge in [0.05, 0.1) is 23.4 Å². The first-order valence-electron chi connectivity index (χ1n) is 7.59. The smallest absolute Gasteiger partial charge is 0.326 e. The van der Waals surface area contributed by atoms with Crippen molar-refractivity contribution < 1.29 is 14.3 Å². The molecule has 0 atom stereocenters. The minimum Gasteiger partial charge on any atom is -0.496 e. The number of hydrogen-bond acceptors (Lipinski definition) is 6. The molecule has 3 aromatic rings. The van der Waals surface area contributed by atoms with Gasteiger partial charge in [-0.25, -0.2) is 9.97 Å². The molecule has 0 aliphatic carbocycles. The number of carbonyl (C=O) groups excluding carboxylic acids is 1. The molecule has 0 fully saturated rings. The second-order valence-electron chi connectivity index (χ2n) is 6.48. The molecule has 0 saturated heterocycles. The summed E-state index contributed by atoms with van der Waals surface area (Å²) in [7, 11) is 1.59. The van der Waals surface area contributed by atoms with Crippen LogP contribution < -0.4 is 10.5 Å². The molecule has 0 spiro atoms. The Bertz CT molecular complexity index is 925. The first-order chi connectivity index (χ1) is 11.3. The monoisotopic (exact) mass is 328 g/mol. The summed E-state index contributed by atoms with van der Waals surface area (Å²) in [6.07, 6.45) is 1.38. The number of nitrogens with zero attached hydrogens (tertiary/aromatic N) is 3. The Morgan fingerprint density at radius 1 is 1.25 bits per heavy atom. The topological polar surface area (TPSA) is 92.3 Å². The Balaban J connectivity index is 2.23. The highest BCUT2D eigenvalue weighted by atomic mass is 16.6. The molecule has 24 heavy (non-hydrogen) atoms. The molecule has 0 saturated carbocycles. The van der Waals surface area contributed by atoms with Crippen LogP contribution in [0.5, 0.6) is 5.75 Å². The Kier molecular flexibility index (Phi) is 3.79. The van der Waals surface area contributed by atoms with Crippen molar-refractivity contribution in [3.8, 4) is 5.75 Å². The lowest BCUT2D eigenvalue weighted by molar-refractivity contribution is -0.155. The molecule has 0 aliphatic rings. The summed E-state index contributed by atoms with van der Waals surface area (Å²) in [6, 6.07) is 5.59. The van der Waals surface area contributed by atoms with E-state index in [1.165, 1.54) is 6.33 Å². The number of aromatic nitrogens is 3. The number of carbonyl (C=O) groups is 1. The Hall–Kier alpha value is -2.83. The summed E-state index contributed by atoms with van der Waals surface area (Å²) in [4.78, 5) is 20.7. The lowest BCUT2D eigenvalue weighted by atomic mass is 10.2. The van der Waals surface area contributed by atoms with E-state index in [4.69, 9.17) is 15.2 Å². The lowest BCUT2D eigenvalue weighted by Crippen LogP contribution is -2.26. The number of anilines is 1. The van der Waals surface area contributed by atoms with Gasteiger partial charge in [-0.05, 0) is 32.9 Å². The molecule has 2 aromatic heterocycles. The number of hydrogen-bond donors (Lipinski definition) is 1. The average molecular weight is 328 g/mol. The van der Waals surface area contributed by atoms with E-state index >= 15 is 0 Å². The molecular formula is C17H20N4O3. The number of rotatable bonds is 3. The third-order valence-corrected chi connectivity index (χ3v) is 3.58. The van der Waals surface area contributed by atoms with Crippen LogP contribution in [0.4, 0.5) is 5.82 Å². The molecule has 126 valence electrons. The molecule has 0 radical (unpaired) electrons. The van der Waals surface area contributed by atoms with Crippen molar-refractivity contribution in [1.82, 2.24) is 14.5 Å². The first-order valence-corrected chi connectivity index (χ1v) is 7.59. The van der Waals surface area contributed by atoms with Crippen molar-refractivity contribution in [2.24, 2.45) is 0 Å². The second kappa shape index (κ2) is 5.67. The van der Waals surface area contributed by atoms with Crippen LogP contribution in [0.25, 0.3) is 21.9 Å². The number of methoxy groups -OCH3 is 1. The van der Waals surface area contributed by atoms with Gasteiger partial charge in [-0.3, -0.25) is 4.79 Å². The summed E-state index contributed by atoms with van der Waals surface area (Å²) < 4.78 is 12.7. The van der Waals surface area contributed by atoms with E-state index in [9.17, 15) is 4.79 Å². The fourth-order valence-corrected chi connectivity index (χ4v) is 2.78. The van der Waals surface area contributed by atoms with Crippen molar-refractivity contribution in [2.75, 3.05) is 12.8 Å². The van der Waals surface area contributed by atoms with Crippen molar-refractivity contribution in [3.05, 3.63) is 24.5 Å². The van der Waals surface area contributed by atoms with E-state index in [2.05, 4.69) is 9.97 Å². The summed E-state index contributed by atoms with van der Waals surface area (Å²) in [6.45, 7) is 5.53. The summed E-state index contributed by atoms with van der Waals surface area (Å²) in [5.41, 5.74) is 6.87. The van der Waals surface area contributed by atoms with Crippen molar-refractivity contribution in [1.29, 1.82) is 0 Å². The third kappa shape index (κ3) is 2.73. The van der Waals surface area contributed by atoms with Crippen LogP contribution in [0.2, 0.25) is 0 Å². The van der Waals surface area contributed by atoms with Crippen LogP contribution in [0.15, 0.2) is 24.5 Å². The van der Waals surface area contributed by atoms with E-state index in [0.29, 0.717) is 22.6 Å². The van der Waals surface area contributed by atoms with Gasteiger partial charge in [0.2, 0.25) is 0 Å². The highest BCUT2D eigenvalue weighted by molar-refractivity contribution is 6.14. The molecule has 0 unspecified atom stereocenters. The minimum absolute atomic E-state index is 0.0287. The Morgan fingerprint density at radius 2 is 2.00 bits per heavy atom. The summed E-state index contributed by atoms with van der Waals surface area (Å²) >= 11 is 0. The summed E-state index contributed by atoms with van der Waals surface area (Å²) in [5.74, 6) is 0.653. The molecule has 0 bridgehead atoms. The number of fused-ring (bicyclic) bond motifs is 3. The molecular weight excluding hydrogens is 308 g/mol. The molecule has 2 N–H and O–H groups in total. The molecule has 1 aromatic carbocycles. The van der Waals surface area contributed by atoms with Crippen LogP contribution in [-0.4, -0.2) is 33.2 Å². The zero-order valence-electron chi connectivity index (χ0n) is 14.2.